The van der Waals surface area contributed by atoms with E-state index in [0.29, 0.717) is 77.7 Å². The maximum atomic E-state index is 15.0. The number of pyridine rings is 1. The number of nitriles is 1. The van der Waals surface area contributed by atoms with Gasteiger partial charge in [0, 0.05) is 21.7 Å². The molecule has 8 rings (SSSR count). The van der Waals surface area contributed by atoms with Crippen LogP contribution >= 0.6 is 0 Å². The molecule has 0 aliphatic heterocycles. The summed E-state index contributed by atoms with van der Waals surface area (Å²) in [6.45, 7) is 22.5. The third kappa shape index (κ3) is 5.21. The molecule has 0 spiro atoms. The van der Waals surface area contributed by atoms with Gasteiger partial charge in [0.25, 0.3) is 5.69 Å². The molecule has 6 aromatic carbocycles. The second kappa shape index (κ2) is 13.0. The molecule has 0 aliphatic rings. The van der Waals surface area contributed by atoms with Crippen LogP contribution in [0, 0.1) is 54.3 Å². The summed E-state index contributed by atoms with van der Waals surface area (Å²) in [5.74, 6) is -6.96. The van der Waals surface area contributed by atoms with Crippen LogP contribution in [0.3, 0.4) is 0 Å². The average Bonchev–Trinajstić information content (AvgIpc) is 3.22. The van der Waals surface area contributed by atoms with E-state index in [0.717, 1.165) is 0 Å². The molecule has 252 valence electrons. The molecule has 0 saturated carbocycles. The molecule has 2 aromatic heterocycles. The highest BCUT2D eigenvalue weighted by atomic mass is 19.2. The summed E-state index contributed by atoms with van der Waals surface area (Å²) in [6.07, 6.45) is 0. The third-order valence-corrected chi connectivity index (χ3v) is 9.06. The molecule has 0 saturated heterocycles. The van der Waals surface area contributed by atoms with Gasteiger partial charge in [0.1, 0.15) is 0 Å². The zero-order chi connectivity index (χ0) is 37.7. The van der Waals surface area contributed by atoms with Gasteiger partial charge in [0.05, 0.1) is 70.5 Å². The van der Waals surface area contributed by atoms with E-state index in [9.17, 15) is 22.8 Å². The molecule has 0 bridgehead atoms. The molecule has 0 radical (unpaired) electrons. The molecular formula is C43H17F4N7. The maximum Gasteiger partial charge on any atom is 0.262 e. The van der Waals surface area contributed by atoms with Crippen LogP contribution in [0.15, 0.2) is 103 Å². The van der Waals surface area contributed by atoms with Crippen molar-refractivity contribution in [2.24, 2.45) is 0 Å². The molecule has 0 N–H and O–H groups in total. The van der Waals surface area contributed by atoms with Crippen molar-refractivity contribution in [3.8, 4) is 51.0 Å². The van der Waals surface area contributed by atoms with Gasteiger partial charge in [0.15, 0.2) is 34.6 Å². The highest BCUT2D eigenvalue weighted by Crippen LogP contribution is 2.44. The topological polar surface area (TPSA) is 75.5 Å². The minimum Gasteiger partial charge on any atom is -0.248 e. The molecule has 0 unspecified atom stereocenters. The number of halogens is 4. The van der Waals surface area contributed by atoms with Crippen molar-refractivity contribution in [1.29, 1.82) is 5.26 Å². The first-order valence-electron chi connectivity index (χ1n) is 16.0. The van der Waals surface area contributed by atoms with E-state index in [1.807, 2.05) is 12.1 Å². The van der Waals surface area contributed by atoms with Gasteiger partial charge in [-0.25, -0.2) is 47.0 Å². The molecule has 8 aromatic rings. The third-order valence-electron chi connectivity index (χ3n) is 9.06. The highest BCUT2D eigenvalue weighted by molar-refractivity contribution is 6.25. The summed E-state index contributed by atoms with van der Waals surface area (Å²) >= 11 is 0. The number of fused-ring (bicyclic) bond motifs is 5. The Morgan fingerprint density at radius 3 is 1.70 bits per heavy atom. The first-order chi connectivity index (χ1) is 26.3. The van der Waals surface area contributed by atoms with E-state index < -0.39 is 34.5 Å². The zero-order valence-electron chi connectivity index (χ0n) is 27.5. The Kier molecular flexibility index (Phi) is 7.96. The van der Waals surface area contributed by atoms with E-state index in [1.54, 1.807) is 66.7 Å². The second-order valence-electron chi connectivity index (χ2n) is 12.0. The van der Waals surface area contributed by atoms with E-state index >= 15 is 0 Å². The summed E-state index contributed by atoms with van der Waals surface area (Å²) in [4.78, 5) is 25.1. The lowest BCUT2D eigenvalue weighted by Gasteiger charge is -2.16. The van der Waals surface area contributed by atoms with Crippen molar-refractivity contribution >= 4 is 49.8 Å². The fourth-order valence-corrected chi connectivity index (χ4v) is 6.50. The van der Waals surface area contributed by atoms with Gasteiger partial charge in [0.2, 0.25) is 0 Å². The Morgan fingerprint density at radius 1 is 0.537 bits per heavy atom. The SMILES string of the molecule is [C-]#[N+]c1ccc(-c2nc3cc([N+]#[C-])c4c(-c5ccc(-c6c(F)c(F)c([N+]#[C-])c(F)c6F)cc5)nc5ccccc5c4c3nc2-c2ccc(C#N)cc2)cc1. The minimum absolute atomic E-state index is 0.182. The number of hydrogen-bond acceptors (Lipinski definition) is 4. The molecule has 2 heterocycles. The number of nitrogens with zero attached hydrogens (tertiary/aromatic N) is 7. The standard InChI is InChI=1S/C43H17F4N7/c1-49-27-18-16-26(17-19-27)40-41(25-10-8-22(21-48)9-11-25)54-42-31(53-40)20-30(50-2)34-33(42)28-6-4-5-7-29(28)52-39(34)24-14-12-23(13-15-24)32-35(44)37(46)43(51-3)38(47)36(32)45/h4-20H. The Morgan fingerprint density at radius 2 is 1.09 bits per heavy atom. The number of rotatable bonds is 4. The van der Waals surface area contributed by atoms with E-state index in [-0.39, 0.29) is 11.3 Å². The Bertz CT molecular complexity index is 3030. The van der Waals surface area contributed by atoms with Crippen LogP contribution in [-0.4, -0.2) is 15.0 Å². The van der Waals surface area contributed by atoms with Crippen LogP contribution in [-0.2, 0) is 0 Å². The van der Waals surface area contributed by atoms with Crippen LogP contribution < -0.4 is 0 Å². The van der Waals surface area contributed by atoms with Crippen LogP contribution in [0.5, 0.6) is 0 Å². The normalized spacial score (nSPS) is 10.9. The average molecular weight is 708 g/mol. The predicted octanol–water partition coefficient (Wildman–Crippen LogP) is 12.1. The summed E-state index contributed by atoms with van der Waals surface area (Å²) in [6, 6.07) is 30.3. The van der Waals surface area contributed by atoms with Crippen molar-refractivity contribution < 1.29 is 17.6 Å². The van der Waals surface area contributed by atoms with Crippen LogP contribution in [0.1, 0.15) is 5.56 Å². The second-order valence-corrected chi connectivity index (χ2v) is 12.0. The summed E-state index contributed by atoms with van der Waals surface area (Å²) in [5.41, 5.74) is 3.07. The predicted molar refractivity (Wildman–Crippen MR) is 197 cm³/mol. The quantitative estimate of drug-likeness (QED) is 0.0790. The Hall–Kier alpha value is -7.99. The van der Waals surface area contributed by atoms with E-state index in [2.05, 4.69) is 20.6 Å². The molecule has 0 fully saturated rings. The summed E-state index contributed by atoms with van der Waals surface area (Å²) in [5, 5.41) is 11.1. The number of hydrogen-bond donors (Lipinski definition) is 0. The Balaban J connectivity index is 1.42. The molecule has 11 heteroatoms. The maximum absolute atomic E-state index is 15.0. The molecule has 0 amide bonds. The molecule has 0 atom stereocenters. The lowest BCUT2D eigenvalue weighted by Crippen LogP contribution is -2.00. The van der Waals surface area contributed by atoms with Crippen molar-refractivity contribution in [3.05, 3.63) is 166 Å². The number of aromatic nitrogens is 3. The summed E-state index contributed by atoms with van der Waals surface area (Å²) < 4.78 is 59.0. The van der Waals surface area contributed by atoms with Gasteiger partial charge in [-0.15, -0.1) is 0 Å². The van der Waals surface area contributed by atoms with Gasteiger partial charge in [-0.1, -0.05) is 78.9 Å². The lowest BCUT2D eigenvalue weighted by atomic mass is 9.95. The van der Waals surface area contributed by atoms with E-state index in [1.165, 1.54) is 24.3 Å². The van der Waals surface area contributed by atoms with Crippen molar-refractivity contribution in [1.82, 2.24) is 15.0 Å². The van der Waals surface area contributed by atoms with Crippen molar-refractivity contribution in [2.45, 2.75) is 0 Å². The van der Waals surface area contributed by atoms with Crippen LogP contribution in [0.25, 0.3) is 92.1 Å². The largest absolute Gasteiger partial charge is 0.262 e. The number of benzene rings is 6. The minimum atomic E-state index is -1.79. The fraction of sp³-hybridized carbons (Fsp3) is 0. The van der Waals surface area contributed by atoms with Crippen molar-refractivity contribution in [3.63, 3.8) is 0 Å². The monoisotopic (exact) mass is 707 g/mol. The van der Waals surface area contributed by atoms with Crippen molar-refractivity contribution in [2.75, 3.05) is 0 Å². The summed E-state index contributed by atoms with van der Waals surface area (Å²) in [7, 11) is 0. The fourth-order valence-electron chi connectivity index (χ4n) is 6.50. The molecule has 54 heavy (non-hydrogen) atoms. The van der Waals surface area contributed by atoms with Crippen LogP contribution in [0.2, 0.25) is 0 Å². The van der Waals surface area contributed by atoms with Gasteiger partial charge < -0.3 is 0 Å². The molecule has 0 aliphatic carbocycles. The Labute approximate surface area is 304 Å². The molecular weight excluding hydrogens is 691 g/mol. The molecule has 7 nitrogen and oxygen atoms in total. The number of para-hydroxylation sites is 1. The van der Waals surface area contributed by atoms with Gasteiger partial charge in [-0.05, 0) is 41.0 Å². The highest BCUT2D eigenvalue weighted by Gasteiger charge is 2.27. The van der Waals surface area contributed by atoms with Gasteiger partial charge >= 0.3 is 0 Å². The van der Waals surface area contributed by atoms with Gasteiger partial charge in [-0.3, -0.25) is 0 Å². The zero-order valence-corrected chi connectivity index (χ0v) is 27.5. The first-order valence-corrected chi connectivity index (χ1v) is 16.0. The van der Waals surface area contributed by atoms with Gasteiger partial charge in [-0.2, -0.15) is 5.26 Å². The lowest BCUT2D eigenvalue weighted by molar-refractivity contribution is 0.465. The van der Waals surface area contributed by atoms with Crippen LogP contribution in [0.4, 0.5) is 34.6 Å². The smallest absolute Gasteiger partial charge is 0.248 e. The van der Waals surface area contributed by atoms with E-state index in [4.69, 9.17) is 34.7 Å². The first kappa shape index (κ1) is 33.2.